The van der Waals surface area contributed by atoms with Crippen molar-refractivity contribution >= 4 is 5.91 Å². The highest BCUT2D eigenvalue weighted by molar-refractivity contribution is 5.93. The lowest BCUT2D eigenvalue weighted by atomic mass is 9.83. The Labute approximate surface area is 149 Å². The third-order valence-electron chi connectivity index (χ3n) is 5.80. The molecular formula is C18H29N5O2. The van der Waals surface area contributed by atoms with Gasteiger partial charge in [0.2, 0.25) is 0 Å². The molecule has 1 amide bonds. The smallest absolute Gasteiger partial charge is 0.263 e. The van der Waals surface area contributed by atoms with Crippen molar-refractivity contribution in [3.05, 3.63) is 27.9 Å². The zero-order valence-corrected chi connectivity index (χ0v) is 15.7. The fourth-order valence-corrected chi connectivity index (χ4v) is 3.84. The normalized spacial score (nSPS) is 21.9. The number of rotatable bonds is 2. The number of piperazine rings is 1. The van der Waals surface area contributed by atoms with Gasteiger partial charge in [-0.05, 0) is 40.0 Å². The van der Waals surface area contributed by atoms with E-state index in [1.54, 1.807) is 0 Å². The van der Waals surface area contributed by atoms with Crippen molar-refractivity contribution in [2.75, 3.05) is 46.8 Å². The molecule has 2 aliphatic heterocycles. The highest BCUT2D eigenvalue weighted by Crippen LogP contribution is 2.31. The van der Waals surface area contributed by atoms with E-state index in [2.05, 4.69) is 33.9 Å². The van der Waals surface area contributed by atoms with Crippen LogP contribution in [0.4, 0.5) is 0 Å². The molecule has 0 unspecified atom stereocenters. The molecule has 2 saturated heterocycles. The lowest BCUT2D eigenvalue weighted by molar-refractivity contribution is -0.0171. The minimum absolute atomic E-state index is 0.0263. The van der Waals surface area contributed by atoms with Gasteiger partial charge in [0.1, 0.15) is 11.4 Å². The molecule has 1 aromatic heterocycles. The number of carbonyl (C=O) groups is 1. The summed E-state index contributed by atoms with van der Waals surface area (Å²) in [6.07, 6.45) is 3.53. The fraction of sp³-hybridized carbons (Fsp3) is 0.722. The summed E-state index contributed by atoms with van der Waals surface area (Å²) in [6.45, 7) is 8.17. The Kier molecular flexibility index (Phi) is 4.97. The molecule has 0 aromatic carbocycles. The number of aromatic amines is 1. The van der Waals surface area contributed by atoms with Gasteiger partial charge in [-0.3, -0.25) is 14.5 Å². The van der Waals surface area contributed by atoms with Crippen LogP contribution >= 0.6 is 0 Å². The molecule has 138 valence electrons. The van der Waals surface area contributed by atoms with Gasteiger partial charge in [0.25, 0.3) is 11.5 Å². The molecule has 0 aliphatic carbocycles. The highest BCUT2D eigenvalue weighted by atomic mass is 16.2. The third-order valence-corrected chi connectivity index (χ3v) is 5.80. The van der Waals surface area contributed by atoms with Crippen LogP contribution in [0, 0.1) is 0 Å². The van der Waals surface area contributed by atoms with E-state index in [4.69, 9.17) is 0 Å². The van der Waals surface area contributed by atoms with Crippen molar-refractivity contribution in [1.29, 1.82) is 0 Å². The number of nitrogens with one attached hydrogen (secondary N) is 1. The van der Waals surface area contributed by atoms with Crippen LogP contribution in [0.15, 0.2) is 11.0 Å². The molecule has 0 bridgehead atoms. The summed E-state index contributed by atoms with van der Waals surface area (Å²) in [7, 11) is 4.29. The van der Waals surface area contributed by atoms with Gasteiger partial charge < -0.3 is 14.8 Å². The molecule has 0 radical (unpaired) electrons. The monoisotopic (exact) mass is 347 g/mol. The summed E-state index contributed by atoms with van der Waals surface area (Å²) in [5, 5.41) is 0. The molecule has 25 heavy (non-hydrogen) atoms. The van der Waals surface area contributed by atoms with Gasteiger partial charge in [0, 0.05) is 37.3 Å². The first kappa shape index (κ1) is 18.1. The SMILES string of the molecule is CC(C)c1ncc(C(=O)N2CCN(C)C3(CCN(C)CC3)C2)c(=O)[nH]1. The van der Waals surface area contributed by atoms with Crippen LogP contribution < -0.4 is 5.56 Å². The van der Waals surface area contributed by atoms with Crippen LogP contribution in [-0.4, -0.2) is 82.9 Å². The molecule has 1 spiro atoms. The first-order valence-electron chi connectivity index (χ1n) is 9.11. The summed E-state index contributed by atoms with van der Waals surface area (Å²) < 4.78 is 0. The minimum Gasteiger partial charge on any atom is -0.335 e. The number of H-pyrrole nitrogens is 1. The molecule has 7 heteroatoms. The second-order valence-electron chi connectivity index (χ2n) is 7.84. The van der Waals surface area contributed by atoms with E-state index in [9.17, 15) is 9.59 Å². The number of piperidine rings is 1. The minimum atomic E-state index is -0.333. The van der Waals surface area contributed by atoms with Crippen LogP contribution in [0.1, 0.15) is 48.8 Å². The lowest BCUT2D eigenvalue weighted by Gasteiger charge is -2.52. The molecular weight excluding hydrogens is 318 g/mol. The van der Waals surface area contributed by atoms with Crippen LogP contribution in [0.25, 0.3) is 0 Å². The first-order chi connectivity index (χ1) is 11.8. The standard InChI is InChI=1S/C18H29N5O2/c1-13(2)15-19-11-14(16(24)20-15)17(25)23-10-9-22(4)18(12-23)5-7-21(3)8-6-18/h11,13H,5-10,12H2,1-4H3,(H,19,20,24). The summed E-state index contributed by atoms with van der Waals surface area (Å²) >= 11 is 0. The lowest BCUT2D eigenvalue weighted by Crippen LogP contribution is -2.65. The Morgan fingerprint density at radius 1 is 1.20 bits per heavy atom. The van der Waals surface area contributed by atoms with Crippen molar-refractivity contribution in [3.8, 4) is 0 Å². The van der Waals surface area contributed by atoms with Crippen molar-refractivity contribution < 1.29 is 4.79 Å². The quantitative estimate of drug-likeness (QED) is 0.854. The van der Waals surface area contributed by atoms with Gasteiger partial charge in [-0.1, -0.05) is 13.8 Å². The van der Waals surface area contributed by atoms with E-state index in [-0.39, 0.29) is 28.5 Å². The van der Waals surface area contributed by atoms with Crippen LogP contribution in [-0.2, 0) is 0 Å². The average molecular weight is 347 g/mol. The molecule has 0 atom stereocenters. The number of hydrogen-bond acceptors (Lipinski definition) is 5. The summed E-state index contributed by atoms with van der Waals surface area (Å²) in [5.41, 5.74) is -0.157. The number of nitrogens with zero attached hydrogens (tertiary/aromatic N) is 4. The number of amides is 1. The number of likely N-dealkylation sites (N-methyl/N-ethyl adjacent to an activating group) is 1. The van der Waals surface area contributed by atoms with E-state index < -0.39 is 0 Å². The van der Waals surface area contributed by atoms with E-state index in [0.29, 0.717) is 18.9 Å². The van der Waals surface area contributed by atoms with E-state index in [1.807, 2.05) is 18.7 Å². The predicted octanol–water partition coefficient (Wildman–Crippen LogP) is 0.745. The van der Waals surface area contributed by atoms with Crippen molar-refractivity contribution in [3.63, 3.8) is 0 Å². The molecule has 3 rings (SSSR count). The van der Waals surface area contributed by atoms with Gasteiger partial charge in [0.05, 0.1) is 0 Å². The van der Waals surface area contributed by atoms with E-state index >= 15 is 0 Å². The van der Waals surface area contributed by atoms with E-state index in [1.165, 1.54) is 6.20 Å². The Balaban J connectivity index is 1.80. The number of carbonyl (C=O) groups excluding carboxylic acids is 1. The molecule has 3 heterocycles. The second kappa shape index (κ2) is 6.88. The molecule has 2 aliphatic rings. The molecule has 1 aromatic rings. The number of aromatic nitrogens is 2. The fourth-order valence-electron chi connectivity index (χ4n) is 3.84. The van der Waals surface area contributed by atoms with Crippen molar-refractivity contribution in [2.24, 2.45) is 0 Å². The van der Waals surface area contributed by atoms with Crippen LogP contribution in [0.3, 0.4) is 0 Å². The van der Waals surface area contributed by atoms with E-state index in [0.717, 1.165) is 32.5 Å². The zero-order chi connectivity index (χ0) is 18.2. The largest absolute Gasteiger partial charge is 0.335 e. The molecule has 0 saturated carbocycles. The van der Waals surface area contributed by atoms with Gasteiger partial charge in [0.15, 0.2) is 0 Å². The van der Waals surface area contributed by atoms with Gasteiger partial charge in [-0.2, -0.15) is 0 Å². The Bertz CT molecular complexity index is 691. The maximum atomic E-state index is 12.9. The number of hydrogen-bond donors (Lipinski definition) is 1. The van der Waals surface area contributed by atoms with Gasteiger partial charge in [-0.15, -0.1) is 0 Å². The maximum Gasteiger partial charge on any atom is 0.263 e. The molecule has 7 nitrogen and oxygen atoms in total. The summed E-state index contributed by atoms with van der Waals surface area (Å²) in [5.74, 6) is 0.546. The summed E-state index contributed by atoms with van der Waals surface area (Å²) in [4.78, 5) is 38.9. The second-order valence-corrected chi connectivity index (χ2v) is 7.84. The average Bonchev–Trinajstić information content (AvgIpc) is 2.59. The topological polar surface area (TPSA) is 72.5 Å². The highest BCUT2D eigenvalue weighted by Gasteiger charge is 2.43. The third kappa shape index (κ3) is 3.48. The number of likely N-dealkylation sites (tertiary alicyclic amines) is 1. The predicted molar refractivity (Wildman–Crippen MR) is 96.9 cm³/mol. The molecule has 1 N–H and O–H groups in total. The van der Waals surface area contributed by atoms with Gasteiger partial charge in [-0.25, -0.2) is 4.98 Å². The molecule has 2 fully saturated rings. The Morgan fingerprint density at radius 3 is 2.48 bits per heavy atom. The Morgan fingerprint density at radius 2 is 1.88 bits per heavy atom. The van der Waals surface area contributed by atoms with Crippen molar-refractivity contribution in [2.45, 2.75) is 38.1 Å². The van der Waals surface area contributed by atoms with Crippen LogP contribution in [0.5, 0.6) is 0 Å². The van der Waals surface area contributed by atoms with Gasteiger partial charge >= 0.3 is 0 Å². The van der Waals surface area contributed by atoms with Crippen LogP contribution in [0.2, 0.25) is 0 Å². The first-order valence-corrected chi connectivity index (χ1v) is 9.11. The summed E-state index contributed by atoms with van der Waals surface area (Å²) in [6, 6.07) is 0. The zero-order valence-electron chi connectivity index (χ0n) is 15.7. The van der Waals surface area contributed by atoms with Crippen molar-refractivity contribution in [1.82, 2.24) is 24.7 Å². The Hall–Kier alpha value is -1.73. The maximum absolute atomic E-state index is 12.9.